The number of methoxy groups -OCH3 is 1. The molecule has 2 aromatic carbocycles. The quantitative estimate of drug-likeness (QED) is 0.466. The van der Waals surface area contributed by atoms with Crippen LogP contribution in [0.3, 0.4) is 0 Å². The zero-order valence-corrected chi connectivity index (χ0v) is 16.4. The summed E-state index contributed by atoms with van der Waals surface area (Å²) in [6, 6.07) is 17.2. The van der Waals surface area contributed by atoms with Crippen LogP contribution in [0, 0.1) is 11.3 Å². The maximum absolute atomic E-state index is 9.75. The Morgan fingerprint density at radius 3 is 2.56 bits per heavy atom. The van der Waals surface area contributed by atoms with Gasteiger partial charge in [0.1, 0.15) is 23.2 Å². The van der Waals surface area contributed by atoms with E-state index in [-0.39, 0.29) is 0 Å². The fourth-order valence-corrected chi connectivity index (χ4v) is 3.10. The number of nitriles is 1. The second-order valence-corrected chi connectivity index (χ2v) is 6.78. The molecule has 1 heterocycles. The molecule has 0 unspecified atom stereocenters. The number of nitrogens with one attached hydrogen (secondary N) is 1. The molecule has 27 heavy (non-hydrogen) atoms. The highest BCUT2D eigenvalue weighted by molar-refractivity contribution is 7.98. The first-order valence-electron chi connectivity index (χ1n) is 8.14. The first-order chi connectivity index (χ1) is 13.2. The number of hydrogen-bond acceptors (Lipinski definition) is 6. The highest BCUT2D eigenvalue weighted by atomic mass is 35.5. The highest BCUT2D eigenvalue weighted by Gasteiger charge is 2.16. The molecular weight excluding hydrogens is 380 g/mol. The van der Waals surface area contributed by atoms with Gasteiger partial charge in [0, 0.05) is 22.7 Å². The van der Waals surface area contributed by atoms with Gasteiger partial charge in [-0.15, -0.1) is 0 Å². The van der Waals surface area contributed by atoms with E-state index < -0.39 is 0 Å². The van der Waals surface area contributed by atoms with Crippen molar-refractivity contribution in [2.24, 2.45) is 0 Å². The number of anilines is 1. The smallest absolute Gasteiger partial charge is 0.189 e. The molecule has 0 saturated heterocycles. The average molecular weight is 397 g/mol. The summed E-state index contributed by atoms with van der Waals surface area (Å²) in [5, 5.41) is 14.2. The minimum atomic E-state index is 0.394. The summed E-state index contributed by atoms with van der Waals surface area (Å²) < 4.78 is 5.39. The molecule has 0 radical (unpaired) electrons. The van der Waals surface area contributed by atoms with E-state index in [1.807, 2.05) is 42.7 Å². The van der Waals surface area contributed by atoms with Crippen molar-refractivity contribution in [3.05, 3.63) is 64.7 Å². The van der Waals surface area contributed by atoms with Gasteiger partial charge in [0.15, 0.2) is 5.16 Å². The van der Waals surface area contributed by atoms with Gasteiger partial charge >= 0.3 is 0 Å². The Morgan fingerprint density at radius 1 is 1.15 bits per heavy atom. The predicted molar refractivity (Wildman–Crippen MR) is 109 cm³/mol. The van der Waals surface area contributed by atoms with Gasteiger partial charge in [-0.05, 0) is 24.5 Å². The van der Waals surface area contributed by atoms with Crippen molar-refractivity contribution in [2.75, 3.05) is 18.7 Å². The van der Waals surface area contributed by atoms with Crippen molar-refractivity contribution in [3.8, 4) is 23.1 Å². The largest absolute Gasteiger partial charge is 0.496 e. The van der Waals surface area contributed by atoms with Crippen LogP contribution in [-0.2, 0) is 6.54 Å². The van der Waals surface area contributed by atoms with Crippen LogP contribution in [0.5, 0.6) is 5.75 Å². The topological polar surface area (TPSA) is 70.8 Å². The molecule has 1 aromatic heterocycles. The molecular formula is C20H17ClN4OS. The Labute approximate surface area is 167 Å². The van der Waals surface area contributed by atoms with Crippen molar-refractivity contribution in [1.82, 2.24) is 9.97 Å². The summed E-state index contributed by atoms with van der Waals surface area (Å²) in [5.74, 6) is 1.27. The third-order valence-corrected chi connectivity index (χ3v) is 4.74. The standard InChI is InChI=1S/C20H17ClN4OS/c1-26-17-6-4-3-5-14(17)12-23-19-16(11-22)18(24-20(25-19)27-2)13-7-9-15(21)10-8-13/h3-10H,12H2,1-2H3,(H,23,24,25). The lowest BCUT2D eigenvalue weighted by molar-refractivity contribution is 0.410. The number of thioether (sulfide) groups is 1. The first kappa shape index (κ1) is 19.0. The molecule has 0 aliphatic carbocycles. The van der Waals surface area contributed by atoms with Crippen LogP contribution in [-0.4, -0.2) is 23.3 Å². The summed E-state index contributed by atoms with van der Waals surface area (Å²) in [7, 11) is 1.63. The van der Waals surface area contributed by atoms with Crippen molar-refractivity contribution >= 4 is 29.2 Å². The van der Waals surface area contributed by atoms with Crippen molar-refractivity contribution in [1.29, 1.82) is 5.26 Å². The third-order valence-electron chi connectivity index (χ3n) is 3.94. The normalized spacial score (nSPS) is 10.3. The van der Waals surface area contributed by atoms with E-state index in [9.17, 15) is 5.26 Å². The number of rotatable bonds is 6. The molecule has 0 aliphatic rings. The Kier molecular flexibility index (Phi) is 6.17. The lowest BCUT2D eigenvalue weighted by Gasteiger charge is -2.13. The first-order valence-corrected chi connectivity index (χ1v) is 9.74. The molecule has 0 fully saturated rings. The van der Waals surface area contributed by atoms with E-state index in [1.165, 1.54) is 11.8 Å². The number of nitrogens with zero attached hydrogens (tertiary/aromatic N) is 3. The minimum Gasteiger partial charge on any atom is -0.496 e. The summed E-state index contributed by atoms with van der Waals surface area (Å²) in [6.45, 7) is 0.476. The number of hydrogen-bond donors (Lipinski definition) is 1. The maximum atomic E-state index is 9.75. The Bertz CT molecular complexity index is 986. The van der Waals surface area contributed by atoms with Crippen LogP contribution in [0.4, 0.5) is 5.82 Å². The SMILES string of the molecule is COc1ccccc1CNc1nc(SC)nc(-c2ccc(Cl)cc2)c1C#N. The third kappa shape index (κ3) is 4.33. The Hall–Kier alpha value is -2.75. The van der Waals surface area contributed by atoms with Gasteiger partial charge in [0.25, 0.3) is 0 Å². The van der Waals surface area contributed by atoms with Gasteiger partial charge in [-0.1, -0.05) is 53.7 Å². The number of ether oxygens (including phenoxy) is 1. The van der Waals surface area contributed by atoms with Gasteiger partial charge in [-0.2, -0.15) is 5.26 Å². The van der Waals surface area contributed by atoms with Gasteiger partial charge in [0.2, 0.25) is 0 Å². The number of halogens is 1. The molecule has 5 nitrogen and oxygen atoms in total. The molecule has 3 rings (SSSR count). The van der Waals surface area contributed by atoms with Crippen LogP contribution >= 0.6 is 23.4 Å². The van der Waals surface area contributed by atoms with E-state index in [0.29, 0.717) is 33.8 Å². The van der Waals surface area contributed by atoms with Gasteiger partial charge in [-0.3, -0.25) is 0 Å². The van der Waals surface area contributed by atoms with E-state index in [1.54, 1.807) is 19.2 Å². The summed E-state index contributed by atoms with van der Waals surface area (Å²) in [6.07, 6.45) is 1.90. The fraction of sp³-hybridized carbons (Fsp3) is 0.150. The van der Waals surface area contributed by atoms with Crippen LogP contribution in [0.25, 0.3) is 11.3 Å². The summed E-state index contributed by atoms with van der Waals surface area (Å²) in [5.41, 5.74) is 2.76. The Balaban J connectivity index is 2.00. The molecule has 0 atom stereocenters. The van der Waals surface area contributed by atoms with Gasteiger partial charge < -0.3 is 10.1 Å². The number of aromatic nitrogens is 2. The summed E-state index contributed by atoms with van der Waals surface area (Å²) >= 11 is 7.40. The minimum absolute atomic E-state index is 0.394. The Morgan fingerprint density at radius 2 is 1.89 bits per heavy atom. The lowest BCUT2D eigenvalue weighted by Crippen LogP contribution is -2.08. The van der Waals surface area contributed by atoms with E-state index in [4.69, 9.17) is 16.3 Å². The van der Waals surface area contributed by atoms with Crippen molar-refractivity contribution < 1.29 is 4.74 Å². The van der Waals surface area contributed by atoms with Gasteiger partial charge in [0.05, 0.1) is 12.8 Å². The number of para-hydroxylation sites is 1. The highest BCUT2D eigenvalue weighted by Crippen LogP contribution is 2.30. The van der Waals surface area contributed by atoms with Crippen LogP contribution in [0.1, 0.15) is 11.1 Å². The predicted octanol–water partition coefficient (Wildman–Crippen LogP) is 5.01. The van der Waals surface area contributed by atoms with Crippen molar-refractivity contribution in [3.63, 3.8) is 0 Å². The zero-order chi connectivity index (χ0) is 19.2. The average Bonchev–Trinajstić information content (AvgIpc) is 2.72. The molecule has 0 bridgehead atoms. The van der Waals surface area contributed by atoms with E-state index in [0.717, 1.165) is 16.9 Å². The number of benzene rings is 2. The second-order valence-electron chi connectivity index (χ2n) is 5.57. The molecule has 1 N–H and O–H groups in total. The summed E-state index contributed by atoms with van der Waals surface area (Å²) in [4.78, 5) is 9.02. The molecule has 7 heteroatoms. The van der Waals surface area contributed by atoms with Crippen LogP contribution < -0.4 is 10.1 Å². The molecule has 136 valence electrons. The van der Waals surface area contributed by atoms with E-state index >= 15 is 0 Å². The molecule has 0 amide bonds. The fourth-order valence-electron chi connectivity index (χ4n) is 2.61. The molecule has 0 spiro atoms. The molecule has 0 saturated carbocycles. The lowest BCUT2D eigenvalue weighted by atomic mass is 10.1. The maximum Gasteiger partial charge on any atom is 0.189 e. The zero-order valence-electron chi connectivity index (χ0n) is 14.9. The monoisotopic (exact) mass is 396 g/mol. The van der Waals surface area contributed by atoms with Crippen LogP contribution in [0.15, 0.2) is 53.7 Å². The molecule has 3 aromatic rings. The van der Waals surface area contributed by atoms with Crippen LogP contribution in [0.2, 0.25) is 5.02 Å². The van der Waals surface area contributed by atoms with E-state index in [2.05, 4.69) is 21.4 Å². The van der Waals surface area contributed by atoms with Crippen molar-refractivity contribution in [2.45, 2.75) is 11.7 Å². The second kappa shape index (κ2) is 8.76. The molecule has 0 aliphatic heterocycles. The van der Waals surface area contributed by atoms with Gasteiger partial charge in [-0.25, -0.2) is 9.97 Å².